The molecule has 3 heterocycles. The summed E-state index contributed by atoms with van der Waals surface area (Å²) in [5.74, 6) is -4.89. The summed E-state index contributed by atoms with van der Waals surface area (Å²) in [6, 6.07) is 1.22. The van der Waals surface area contributed by atoms with Crippen LogP contribution in [0.5, 0.6) is 5.75 Å². The Morgan fingerprint density at radius 3 is 2.39 bits per heavy atom. The number of carbonyl (C=O) groups excluding carboxylic acids is 2. The first-order valence-electron chi connectivity index (χ1n) is 18.1. The van der Waals surface area contributed by atoms with Gasteiger partial charge in [-0.2, -0.15) is 0 Å². The molecule has 0 aliphatic carbocycles. The van der Waals surface area contributed by atoms with Crippen LogP contribution in [0.2, 0.25) is 0 Å². The fourth-order valence-electron chi connectivity index (χ4n) is 6.48. The molecule has 2 aliphatic heterocycles. The van der Waals surface area contributed by atoms with Crippen LogP contribution in [0.1, 0.15) is 58.3 Å². The van der Waals surface area contributed by atoms with E-state index in [9.17, 15) is 39.9 Å². The lowest BCUT2D eigenvalue weighted by Crippen LogP contribution is -2.56. The molecule has 0 saturated carbocycles. The van der Waals surface area contributed by atoms with Gasteiger partial charge in [0.15, 0.2) is 11.6 Å². The molecule has 3 rings (SSSR count). The third kappa shape index (κ3) is 11.2. The van der Waals surface area contributed by atoms with E-state index < -0.39 is 77.4 Å². The van der Waals surface area contributed by atoms with Crippen molar-refractivity contribution in [1.29, 1.82) is 0 Å². The van der Waals surface area contributed by atoms with Gasteiger partial charge in [-0.25, -0.2) is 0 Å². The number of hydrogen-bond donors (Lipinski definition) is 7. The second-order valence-corrected chi connectivity index (χ2v) is 13.9. The maximum atomic E-state index is 13.0. The summed E-state index contributed by atoms with van der Waals surface area (Å²) in [5, 5.41) is 56.1. The average molecular weight is 753 g/mol. The molecule has 54 heavy (non-hydrogen) atoms. The third-order valence-corrected chi connectivity index (χ3v) is 9.96. The molecule has 1 unspecified atom stereocenters. The zero-order valence-corrected chi connectivity index (χ0v) is 32.0. The zero-order chi connectivity index (χ0) is 40.2. The summed E-state index contributed by atoms with van der Waals surface area (Å²) < 4.78 is 17.7. The van der Waals surface area contributed by atoms with Crippen LogP contribution in [0.15, 0.2) is 101 Å². The maximum absolute atomic E-state index is 13.0. The van der Waals surface area contributed by atoms with Gasteiger partial charge in [-0.1, -0.05) is 86.8 Å². The fourth-order valence-corrected chi connectivity index (χ4v) is 6.48. The number of aliphatic hydroxyl groups excluding tert-OH is 3. The van der Waals surface area contributed by atoms with Crippen molar-refractivity contribution >= 4 is 11.7 Å². The number of aromatic amines is 1. The molecule has 11 atom stereocenters. The van der Waals surface area contributed by atoms with E-state index in [0.717, 1.165) is 5.57 Å². The first-order valence-corrected chi connectivity index (χ1v) is 18.1. The maximum Gasteiger partial charge on any atom is 0.262 e. The van der Waals surface area contributed by atoms with Crippen molar-refractivity contribution in [1.82, 2.24) is 10.3 Å². The first kappa shape index (κ1) is 44.2. The minimum absolute atomic E-state index is 0.0934. The number of amides is 1. The van der Waals surface area contributed by atoms with E-state index in [1.165, 1.54) is 32.4 Å². The Morgan fingerprint density at radius 2 is 1.72 bits per heavy atom. The number of Topliss-reactive ketones (excluding diaryl/α,β-unsaturated/α-hetero) is 1. The van der Waals surface area contributed by atoms with Crippen LogP contribution >= 0.6 is 0 Å². The summed E-state index contributed by atoms with van der Waals surface area (Å²) in [6.45, 7) is 10.6. The monoisotopic (exact) mass is 752 g/mol. The third-order valence-electron chi connectivity index (χ3n) is 9.96. The van der Waals surface area contributed by atoms with Crippen LogP contribution in [-0.2, 0) is 19.0 Å². The molecule has 0 spiro atoms. The number of aromatic hydroxyl groups is 1. The number of ketones is 1. The molecule has 2 aliphatic rings. The minimum Gasteiger partial charge on any atom is -0.507 e. The highest BCUT2D eigenvalue weighted by atomic mass is 16.6. The fraction of sp³-hybridized carbons (Fsp3) is 0.488. The molecular weight excluding hydrogens is 696 g/mol. The number of rotatable bonds is 16. The number of aliphatic hydroxyl groups is 4. The van der Waals surface area contributed by atoms with Gasteiger partial charge in [-0.15, -0.1) is 0 Å². The van der Waals surface area contributed by atoms with Crippen LogP contribution in [-0.4, -0.2) is 104 Å². The number of ether oxygens (including phenoxy) is 3. The lowest BCUT2D eigenvalue weighted by molar-refractivity contribution is -0.294. The quantitative estimate of drug-likeness (QED) is 0.0741. The summed E-state index contributed by atoms with van der Waals surface area (Å²) in [6.07, 6.45) is 15.6. The Kier molecular flexibility index (Phi) is 16.7. The topological polar surface area (TPSA) is 208 Å². The molecule has 2 fully saturated rings. The van der Waals surface area contributed by atoms with Crippen molar-refractivity contribution in [3.63, 3.8) is 0 Å². The van der Waals surface area contributed by atoms with E-state index in [0.29, 0.717) is 0 Å². The lowest BCUT2D eigenvalue weighted by atomic mass is 9.83. The Bertz CT molecular complexity index is 1710. The predicted molar refractivity (Wildman–Crippen MR) is 204 cm³/mol. The van der Waals surface area contributed by atoms with Gasteiger partial charge in [0, 0.05) is 38.1 Å². The smallest absolute Gasteiger partial charge is 0.262 e. The minimum atomic E-state index is -1.84. The van der Waals surface area contributed by atoms with Gasteiger partial charge in [0.25, 0.3) is 5.56 Å². The number of aromatic nitrogens is 1. The van der Waals surface area contributed by atoms with Crippen LogP contribution in [0.4, 0.5) is 0 Å². The van der Waals surface area contributed by atoms with Crippen molar-refractivity contribution in [3.05, 3.63) is 112 Å². The molecule has 0 radical (unpaired) electrons. The number of methoxy groups -OCH3 is 1. The van der Waals surface area contributed by atoms with Gasteiger partial charge in [0.1, 0.15) is 29.6 Å². The van der Waals surface area contributed by atoms with Gasteiger partial charge < -0.3 is 50.0 Å². The van der Waals surface area contributed by atoms with Gasteiger partial charge in [0.2, 0.25) is 5.91 Å². The number of carbonyl (C=O) groups is 2. The van der Waals surface area contributed by atoms with Crippen molar-refractivity contribution in [2.75, 3.05) is 13.7 Å². The highest BCUT2D eigenvalue weighted by Gasteiger charge is 2.49. The Labute approximate surface area is 316 Å². The molecule has 13 heteroatoms. The number of pyridine rings is 1. The largest absolute Gasteiger partial charge is 0.507 e. The Morgan fingerprint density at radius 1 is 1.04 bits per heavy atom. The highest BCUT2D eigenvalue weighted by molar-refractivity contribution is 6.09. The Hall–Kier alpha value is -4.21. The van der Waals surface area contributed by atoms with Crippen molar-refractivity contribution < 1.29 is 49.3 Å². The highest BCUT2D eigenvalue weighted by Crippen LogP contribution is 2.37. The molecule has 1 amide bonds. The van der Waals surface area contributed by atoms with E-state index in [4.69, 9.17) is 14.2 Å². The van der Waals surface area contributed by atoms with Crippen molar-refractivity contribution in [3.8, 4) is 5.75 Å². The standard InChI is InChI=1S/C41H56N2O11/c1-8-9-11-18-31-26(4)30(45)23-41(51,54-31)28(6)39(49)42-21-15-14-17-25(3)37(52-7)27(5)38-36(48)35(47)32(53-38)19-13-10-12-16-24(2)34(46)33-29(44)20-22-43-40(33)50/h8-20,22,26-28,30-32,35-38,45,47-48,51H,21,23H2,1-7H3,(H,42,49)(H2,43,44,50)/b9-8-,12-10+,15-14+,18-11+,19-13+,24-16+,25-17+/t26-,27+,28+,30?,31-,32+,35-,36-,37+,38-,41-/m0/s1. The first-order chi connectivity index (χ1) is 25.6. The van der Waals surface area contributed by atoms with E-state index in [2.05, 4.69) is 10.3 Å². The van der Waals surface area contributed by atoms with Crippen molar-refractivity contribution in [2.24, 2.45) is 17.8 Å². The van der Waals surface area contributed by atoms with Crippen LogP contribution in [0.25, 0.3) is 0 Å². The van der Waals surface area contributed by atoms with E-state index in [-0.39, 0.29) is 35.9 Å². The van der Waals surface area contributed by atoms with E-state index in [1.807, 2.05) is 45.9 Å². The SMILES string of the molecule is C/C=C\C=C\[C@@H]1O[C@](O)([C@H](C)C(=O)NC/C=C/C=C(\C)[C@@H](OC)[C@@H](C)[C@@H]2O[C@H](/C=C/C=C/C=C(\C)C(=O)c3c(O)cc[nH]c3=O)[C@H](O)[C@@H]2O)CC(O)[C@@H]1C. The number of H-pyrrole nitrogens is 1. The summed E-state index contributed by atoms with van der Waals surface area (Å²) in [7, 11) is 1.54. The molecule has 1 aromatic heterocycles. The normalized spacial score (nSPS) is 30.2. The van der Waals surface area contributed by atoms with Gasteiger partial charge in [-0.3, -0.25) is 14.4 Å². The van der Waals surface area contributed by atoms with Gasteiger partial charge in [0.05, 0.1) is 30.3 Å². The summed E-state index contributed by atoms with van der Waals surface area (Å²) in [5.41, 5.74) is -0.00758. The number of allylic oxidation sites excluding steroid dienone is 10. The van der Waals surface area contributed by atoms with E-state index >= 15 is 0 Å². The van der Waals surface area contributed by atoms with Gasteiger partial charge in [-0.05, 0) is 44.9 Å². The predicted octanol–water partition coefficient (Wildman–Crippen LogP) is 3.32. The number of hydrogen-bond acceptors (Lipinski definition) is 11. The van der Waals surface area contributed by atoms with E-state index in [1.54, 1.807) is 55.5 Å². The molecule has 0 aromatic carbocycles. The molecule has 13 nitrogen and oxygen atoms in total. The van der Waals surface area contributed by atoms with Crippen LogP contribution in [0, 0.1) is 17.8 Å². The number of nitrogens with one attached hydrogen (secondary N) is 2. The molecule has 2 saturated heterocycles. The molecular formula is C41H56N2O11. The lowest BCUT2D eigenvalue weighted by Gasteiger charge is -2.44. The summed E-state index contributed by atoms with van der Waals surface area (Å²) >= 11 is 0. The zero-order valence-electron chi connectivity index (χ0n) is 32.0. The second kappa shape index (κ2) is 20.5. The molecule has 0 bridgehead atoms. The molecule has 296 valence electrons. The molecule has 1 aromatic rings. The Balaban J connectivity index is 1.55. The average Bonchev–Trinajstić information content (AvgIpc) is 3.41. The summed E-state index contributed by atoms with van der Waals surface area (Å²) in [4.78, 5) is 39.9. The van der Waals surface area contributed by atoms with Crippen LogP contribution in [0.3, 0.4) is 0 Å². The molecule has 7 N–H and O–H groups in total. The second-order valence-electron chi connectivity index (χ2n) is 13.9. The van der Waals surface area contributed by atoms with Crippen LogP contribution < -0.4 is 10.9 Å². The van der Waals surface area contributed by atoms with Gasteiger partial charge >= 0.3 is 0 Å². The van der Waals surface area contributed by atoms with Crippen molar-refractivity contribution in [2.45, 2.75) is 96.5 Å².